The Balaban J connectivity index is 2.12. The Labute approximate surface area is 148 Å². The molecule has 0 fully saturated rings. The van der Waals surface area contributed by atoms with E-state index < -0.39 is 23.8 Å². The summed E-state index contributed by atoms with van der Waals surface area (Å²) >= 11 is 8.70. The van der Waals surface area contributed by atoms with E-state index in [0.29, 0.717) is 0 Å². The average Bonchev–Trinajstić information content (AvgIpc) is 2.53. The highest BCUT2D eigenvalue weighted by Gasteiger charge is 2.47. The molecule has 3 aliphatic rings. The Morgan fingerprint density at radius 3 is 1.42 bits per heavy atom. The van der Waals surface area contributed by atoms with Gasteiger partial charge >= 0.3 is 11.9 Å². The molecule has 2 aromatic carbocycles. The number of carboxylic acids is 2. The van der Waals surface area contributed by atoms with Crippen LogP contribution in [-0.4, -0.2) is 22.2 Å². The highest BCUT2D eigenvalue weighted by Crippen LogP contribution is 2.56. The first-order chi connectivity index (χ1) is 11.4. The lowest BCUT2D eigenvalue weighted by atomic mass is 9.61. The monoisotopic (exact) mass is 356 g/mol. The molecule has 0 aromatic heterocycles. The van der Waals surface area contributed by atoms with E-state index in [0.717, 1.165) is 32.0 Å². The minimum absolute atomic E-state index is 0.0571. The van der Waals surface area contributed by atoms with Gasteiger partial charge in [-0.15, -0.1) is 25.3 Å². The van der Waals surface area contributed by atoms with Crippen molar-refractivity contribution >= 4 is 37.2 Å². The molecule has 4 nitrogen and oxygen atoms in total. The molecule has 6 heteroatoms. The fourth-order valence-electron chi connectivity index (χ4n) is 3.90. The van der Waals surface area contributed by atoms with Gasteiger partial charge in [-0.2, -0.15) is 0 Å². The maximum absolute atomic E-state index is 11.9. The number of rotatable bonds is 2. The van der Waals surface area contributed by atoms with Crippen molar-refractivity contribution in [3.05, 3.63) is 69.8 Å². The molecule has 0 spiro atoms. The van der Waals surface area contributed by atoms with Crippen molar-refractivity contribution in [2.24, 2.45) is 0 Å². The number of aliphatic carboxylic acids is 2. The Kier molecular flexibility index (Phi) is 3.30. The Hall–Kier alpha value is -2.18. The molecule has 3 aliphatic carbocycles. The van der Waals surface area contributed by atoms with E-state index >= 15 is 0 Å². The Bertz CT molecular complexity index is 884. The number of benzene rings is 2. The third-order valence-corrected chi connectivity index (χ3v) is 5.27. The van der Waals surface area contributed by atoms with Crippen LogP contribution in [0.1, 0.15) is 34.1 Å². The number of hydrogen-bond acceptors (Lipinski definition) is 4. The summed E-state index contributed by atoms with van der Waals surface area (Å²) in [5, 5.41) is 19.4. The van der Waals surface area contributed by atoms with Crippen molar-refractivity contribution in [2.75, 3.05) is 0 Å². The van der Waals surface area contributed by atoms with Gasteiger partial charge in [-0.05, 0) is 46.5 Å². The van der Waals surface area contributed by atoms with Crippen LogP contribution in [0.15, 0.2) is 57.3 Å². The first kappa shape index (κ1) is 15.4. The van der Waals surface area contributed by atoms with Gasteiger partial charge in [0, 0.05) is 21.6 Å². The lowest BCUT2D eigenvalue weighted by Crippen LogP contribution is -2.34. The van der Waals surface area contributed by atoms with Gasteiger partial charge in [-0.3, -0.25) is 0 Å². The lowest BCUT2D eigenvalue weighted by molar-refractivity contribution is -0.136. The van der Waals surface area contributed by atoms with Gasteiger partial charge in [0.2, 0.25) is 0 Å². The number of carboxylic acid groups (broad SMARTS) is 2. The van der Waals surface area contributed by atoms with Crippen LogP contribution in [0, 0.1) is 0 Å². The summed E-state index contributed by atoms with van der Waals surface area (Å²) in [6, 6.07) is 10.9. The largest absolute Gasteiger partial charge is 0.478 e. The van der Waals surface area contributed by atoms with E-state index in [9.17, 15) is 19.8 Å². The first-order valence-corrected chi connectivity index (χ1v) is 8.16. The fourth-order valence-corrected chi connectivity index (χ4v) is 4.32. The van der Waals surface area contributed by atoms with Crippen LogP contribution in [0.3, 0.4) is 0 Å². The summed E-state index contributed by atoms with van der Waals surface area (Å²) in [6.45, 7) is 0. The summed E-state index contributed by atoms with van der Waals surface area (Å²) in [4.78, 5) is 25.2. The van der Waals surface area contributed by atoms with E-state index in [1.165, 1.54) is 0 Å². The van der Waals surface area contributed by atoms with Crippen molar-refractivity contribution in [2.45, 2.75) is 21.6 Å². The quantitative estimate of drug-likeness (QED) is 0.623. The minimum Gasteiger partial charge on any atom is -0.478 e. The number of carbonyl (C=O) groups is 2. The van der Waals surface area contributed by atoms with E-state index in [2.05, 4.69) is 25.3 Å². The molecule has 2 aromatic rings. The predicted octanol–water partition coefficient (Wildman–Crippen LogP) is 3.32. The molecule has 0 heterocycles. The van der Waals surface area contributed by atoms with Crippen molar-refractivity contribution in [1.29, 1.82) is 0 Å². The minimum atomic E-state index is -1.20. The van der Waals surface area contributed by atoms with Gasteiger partial charge in [0.25, 0.3) is 0 Å². The molecule has 24 heavy (non-hydrogen) atoms. The molecule has 120 valence electrons. The Morgan fingerprint density at radius 2 is 1.08 bits per heavy atom. The summed E-state index contributed by atoms with van der Waals surface area (Å²) in [5.74, 6) is -3.61. The summed E-state index contributed by atoms with van der Waals surface area (Å²) in [5.41, 5.74) is 3.17. The molecule has 2 N–H and O–H groups in total. The topological polar surface area (TPSA) is 74.6 Å². The van der Waals surface area contributed by atoms with Crippen LogP contribution in [0.2, 0.25) is 0 Å². The lowest BCUT2D eigenvalue weighted by Gasteiger charge is -2.41. The molecule has 0 radical (unpaired) electrons. The highest BCUT2D eigenvalue weighted by atomic mass is 32.1. The molecule has 0 saturated carbocycles. The molecular weight excluding hydrogens is 344 g/mol. The molecule has 0 saturated heterocycles. The average molecular weight is 356 g/mol. The van der Waals surface area contributed by atoms with E-state index in [1.807, 2.05) is 24.3 Å². The third-order valence-electron chi connectivity index (χ3n) is 4.71. The normalized spacial score (nSPS) is 20.6. The van der Waals surface area contributed by atoms with Gasteiger partial charge in [-0.25, -0.2) is 9.59 Å². The van der Waals surface area contributed by atoms with Crippen molar-refractivity contribution in [1.82, 2.24) is 0 Å². The third kappa shape index (κ3) is 1.96. The summed E-state index contributed by atoms with van der Waals surface area (Å²) in [7, 11) is 0. The van der Waals surface area contributed by atoms with Crippen LogP contribution in [-0.2, 0) is 9.59 Å². The summed E-state index contributed by atoms with van der Waals surface area (Å²) < 4.78 is 0. The summed E-state index contributed by atoms with van der Waals surface area (Å²) in [6.07, 6.45) is 0. The zero-order valence-electron chi connectivity index (χ0n) is 12.2. The number of hydrogen-bond donors (Lipinski definition) is 4. The Morgan fingerprint density at radius 1 is 0.708 bits per heavy atom. The van der Waals surface area contributed by atoms with Crippen molar-refractivity contribution in [3.63, 3.8) is 0 Å². The van der Waals surface area contributed by atoms with Gasteiger partial charge in [0.15, 0.2) is 0 Å². The highest BCUT2D eigenvalue weighted by molar-refractivity contribution is 7.80. The van der Waals surface area contributed by atoms with Crippen molar-refractivity contribution in [3.8, 4) is 0 Å². The van der Waals surface area contributed by atoms with Gasteiger partial charge in [-0.1, -0.05) is 12.1 Å². The van der Waals surface area contributed by atoms with Crippen molar-refractivity contribution < 1.29 is 19.8 Å². The molecule has 5 rings (SSSR count). The molecular formula is C18H12O4S2. The standard InChI is InChI=1S/C18H12O4S2/c19-17(20)15-13-9-3-1-7(23)5-11(9)14(16(15)18(21)22)10-4-2-8(24)6-12(10)13/h1-6,13-14,23-24H,(H,19,20)(H,21,22)/t13-,14-/m0/s1. The van der Waals surface area contributed by atoms with Gasteiger partial charge in [0.05, 0.1) is 11.1 Å². The van der Waals surface area contributed by atoms with Crippen LogP contribution >= 0.6 is 25.3 Å². The van der Waals surface area contributed by atoms with Crippen LogP contribution in [0.4, 0.5) is 0 Å². The maximum atomic E-state index is 11.9. The molecule has 0 unspecified atom stereocenters. The molecule has 2 bridgehead atoms. The first-order valence-electron chi connectivity index (χ1n) is 7.26. The van der Waals surface area contributed by atoms with Crippen LogP contribution < -0.4 is 0 Å². The van der Waals surface area contributed by atoms with Crippen LogP contribution in [0.25, 0.3) is 0 Å². The van der Waals surface area contributed by atoms with E-state index in [1.54, 1.807) is 12.1 Å². The second-order valence-corrected chi connectivity index (χ2v) is 6.96. The smallest absolute Gasteiger partial charge is 0.333 e. The van der Waals surface area contributed by atoms with E-state index in [-0.39, 0.29) is 11.1 Å². The molecule has 0 amide bonds. The number of thiol groups is 2. The second kappa shape index (κ2) is 5.16. The maximum Gasteiger partial charge on any atom is 0.333 e. The molecule has 2 atom stereocenters. The zero-order chi connectivity index (χ0) is 17.2. The fraction of sp³-hybridized carbons (Fsp3) is 0.111. The SMILES string of the molecule is O=C(O)C1=C(C(=O)O)[C@H]2c3ccc(S)cc3[C@@H]1c1ccc(S)cc12. The van der Waals surface area contributed by atoms with E-state index in [4.69, 9.17) is 0 Å². The van der Waals surface area contributed by atoms with Gasteiger partial charge < -0.3 is 10.2 Å². The zero-order valence-corrected chi connectivity index (χ0v) is 14.0. The second-order valence-electron chi connectivity index (χ2n) is 5.93. The van der Waals surface area contributed by atoms with Gasteiger partial charge in [0.1, 0.15) is 0 Å². The predicted molar refractivity (Wildman–Crippen MR) is 93.4 cm³/mol. The molecule has 0 aliphatic heterocycles. The van der Waals surface area contributed by atoms with Crippen LogP contribution in [0.5, 0.6) is 0 Å².